The van der Waals surface area contributed by atoms with Crippen LogP contribution in [0.1, 0.15) is 37.0 Å². The number of hydrogen-bond donors (Lipinski definition) is 2. The van der Waals surface area contributed by atoms with Crippen LogP contribution >= 0.6 is 0 Å². The van der Waals surface area contributed by atoms with Crippen molar-refractivity contribution in [3.8, 4) is 5.75 Å². The number of aryl methyl sites for hydroxylation is 1. The van der Waals surface area contributed by atoms with Gasteiger partial charge in [0.25, 0.3) is 6.43 Å². The largest absolute Gasteiger partial charge is 0.507 e. The first-order chi connectivity index (χ1) is 6.73. The zero-order chi connectivity index (χ0) is 11.8. The van der Waals surface area contributed by atoms with Crippen molar-refractivity contribution in [2.45, 2.75) is 32.8 Å². The van der Waals surface area contributed by atoms with Gasteiger partial charge in [0.15, 0.2) is 0 Å². The summed E-state index contributed by atoms with van der Waals surface area (Å²) in [5, 5.41) is 19.3. The second kappa shape index (κ2) is 3.77. The molecule has 15 heavy (non-hydrogen) atoms. The molecule has 0 unspecified atom stereocenters. The van der Waals surface area contributed by atoms with Crippen LogP contribution in [-0.4, -0.2) is 10.2 Å². The average Bonchev–Trinajstić information content (AvgIpc) is 2.06. The molecule has 2 N–H and O–H groups in total. The lowest BCUT2D eigenvalue weighted by Crippen LogP contribution is -2.16. The van der Waals surface area contributed by atoms with Crippen molar-refractivity contribution in [2.75, 3.05) is 0 Å². The van der Waals surface area contributed by atoms with Crippen LogP contribution in [0.5, 0.6) is 5.75 Å². The van der Waals surface area contributed by atoms with Crippen molar-refractivity contribution in [2.24, 2.45) is 0 Å². The van der Waals surface area contributed by atoms with E-state index in [1.165, 1.54) is 26.0 Å². The lowest BCUT2D eigenvalue weighted by Gasteiger charge is -2.21. The Morgan fingerprint density at radius 1 is 1.27 bits per heavy atom. The van der Waals surface area contributed by atoms with Gasteiger partial charge in [-0.1, -0.05) is 0 Å². The minimum absolute atomic E-state index is 0.123. The normalized spacial score (nSPS) is 12.2. The van der Waals surface area contributed by atoms with Crippen molar-refractivity contribution in [3.05, 3.63) is 28.8 Å². The highest BCUT2D eigenvalue weighted by Gasteiger charge is 2.25. The zero-order valence-electron chi connectivity index (χ0n) is 8.88. The lowest BCUT2D eigenvalue weighted by atomic mass is 9.93. The molecule has 0 bridgehead atoms. The van der Waals surface area contributed by atoms with Gasteiger partial charge in [-0.3, -0.25) is 0 Å². The Morgan fingerprint density at radius 2 is 1.80 bits per heavy atom. The van der Waals surface area contributed by atoms with E-state index in [1.807, 2.05) is 0 Å². The van der Waals surface area contributed by atoms with Crippen LogP contribution in [0, 0.1) is 6.92 Å². The number of alkyl halides is 2. The maximum Gasteiger partial charge on any atom is 0.267 e. The molecule has 84 valence electrons. The molecule has 0 aliphatic rings. The topological polar surface area (TPSA) is 40.5 Å². The van der Waals surface area contributed by atoms with E-state index in [0.29, 0.717) is 5.56 Å². The van der Waals surface area contributed by atoms with E-state index in [9.17, 15) is 19.0 Å². The van der Waals surface area contributed by atoms with Gasteiger partial charge in [-0.15, -0.1) is 0 Å². The standard InChI is InChI=1S/C11H14F2O2/c1-6-4-7(10(12)13)9(14)8(5-6)11(2,3)15/h4-5,10,14-15H,1-3H3. The third-order valence-electron chi connectivity index (χ3n) is 2.18. The van der Waals surface area contributed by atoms with Crippen molar-refractivity contribution in [1.82, 2.24) is 0 Å². The number of rotatable bonds is 2. The Bertz CT molecular complexity index is 368. The molecular formula is C11H14F2O2. The van der Waals surface area contributed by atoms with E-state index in [2.05, 4.69) is 0 Å². The van der Waals surface area contributed by atoms with Crippen LogP contribution in [-0.2, 0) is 5.60 Å². The number of aliphatic hydroxyl groups is 1. The minimum Gasteiger partial charge on any atom is -0.507 e. The first-order valence-corrected chi connectivity index (χ1v) is 4.58. The van der Waals surface area contributed by atoms with E-state index in [1.54, 1.807) is 6.92 Å². The van der Waals surface area contributed by atoms with Gasteiger partial charge >= 0.3 is 0 Å². The van der Waals surface area contributed by atoms with Gasteiger partial charge in [0.05, 0.1) is 11.2 Å². The molecule has 0 radical (unpaired) electrons. The van der Waals surface area contributed by atoms with E-state index < -0.39 is 23.3 Å². The summed E-state index contributed by atoms with van der Waals surface area (Å²) in [5.41, 5.74) is -1.06. The summed E-state index contributed by atoms with van der Waals surface area (Å²) in [6.07, 6.45) is -2.74. The Balaban J connectivity index is 3.42. The third kappa shape index (κ3) is 2.45. The van der Waals surface area contributed by atoms with E-state index in [-0.39, 0.29) is 5.56 Å². The molecule has 4 heteroatoms. The fraction of sp³-hybridized carbons (Fsp3) is 0.455. The number of phenolic OH excluding ortho intramolecular Hbond substituents is 1. The van der Waals surface area contributed by atoms with Crippen LogP contribution in [0.3, 0.4) is 0 Å². The smallest absolute Gasteiger partial charge is 0.267 e. The minimum atomic E-state index is -2.74. The lowest BCUT2D eigenvalue weighted by molar-refractivity contribution is 0.0745. The highest BCUT2D eigenvalue weighted by atomic mass is 19.3. The molecule has 0 aromatic heterocycles. The molecule has 0 saturated heterocycles. The molecule has 2 nitrogen and oxygen atoms in total. The second-order valence-electron chi connectivity index (χ2n) is 4.11. The molecule has 1 aromatic rings. The van der Waals surface area contributed by atoms with Gasteiger partial charge in [-0.25, -0.2) is 8.78 Å². The highest BCUT2D eigenvalue weighted by molar-refractivity contribution is 5.46. The molecule has 0 amide bonds. The van der Waals surface area contributed by atoms with Gasteiger partial charge in [-0.2, -0.15) is 0 Å². The fourth-order valence-electron chi connectivity index (χ4n) is 1.44. The monoisotopic (exact) mass is 216 g/mol. The zero-order valence-corrected chi connectivity index (χ0v) is 8.88. The Morgan fingerprint density at radius 3 is 2.20 bits per heavy atom. The summed E-state index contributed by atoms with van der Waals surface area (Å²) in [7, 11) is 0. The summed E-state index contributed by atoms with van der Waals surface area (Å²) < 4.78 is 25.1. The molecular weight excluding hydrogens is 202 g/mol. The van der Waals surface area contributed by atoms with E-state index in [4.69, 9.17) is 0 Å². The number of aromatic hydroxyl groups is 1. The molecule has 1 rings (SSSR count). The molecule has 0 heterocycles. The number of benzene rings is 1. The molecule has 0 atom stereocenters. The Hall–Kier alpha value is -1.16. The molecule has 0 aliphatic heterocycles. The average molecular weight is 216 g/mol. The van der Waals surface area contributed by atoms with Gasteiger partial charge in [0, 0.05) is 5.56 Å². The van der Waals surface area contributed by atoms with Crippen LogP contribution in [0.2, 0.25) is 0 Å². The number of phenols is 1. The van der Waals surface area contributed by atoms with Crippen LogP contribution in [0.25, 0.3) is 0 Å². The van der Waals surface area contributed by atoms with Crippen LogP contribution < -0.4 is 0 Å². The van der Waals surface area contributed by atoms with Crippen LogP contribution in [0.15, 0.2) is 12.1 Å². The van der Waals surface area contributed by atoms with E-state index >= 15 is 0 Å². The summed E-state index contributed by atoms with van der Waals surface area (Å²) >= 11 is 0. The first kappa shape index (κ1) is 11.9. The second-order valence-corrected chi connectivity index (χ2v) is 4.11. The van der Waals surface area contributed by atoms with Crippen molar-refractivity contribution in [3.63, 3.8) is 0 Å². The molecule has 0 spiro atoms. The molecule has 0 fully saturated rings. The Kier molecular flexibility index (Phi) is 3.00. The SMILES string of the molecule is Cc1cc(C(F)F)c(O)c(C(C)(C)O)c1. The highest BCUT2D eigenvalue weighted by Crippen LogP contribution is 2.37. The van der Waals surface area contributed by atoms with Crippen LogP contribution in [0.4, 0.5) is 8.78 Å². The molecule has 1 aromatic carbocycles. The van der Waals surface area contributed by atoms with Crippen molar-refractivity contribution >= 4 is 0 Å². The van der Waals surface area contributed by atoms with Crippen molar-refractivity contribution in [1.29, 1.82) is 0 Å². The van der Waals surface area contributed by atoms with Gasteiger partial charge in [0.1, 0.15) is 5.75 Å². The molecule has 0 aliphatic carbocycles. The third-order valence-corrected chi connectivity index (χ3v) is 2.18. The fourth-order valence-corrected chi connectivity index (χ4v) is 1.44. The maximum atomic E-state index is 12.5. The summed E-state index contributed by atoms with van der Waals surface area (Å²) in [4.78, 5) is 0. The van der Waals surface area contributed by atoms with E-state index in [0.717, 1.165) is 0 Å². The number of hydrogen-bond acceptors (Lipinski definition) is 2. The van der Waals surface area contributed by atoms with Gasteiger partial charge in [-0.05, 0) is 38.5 Å². The summed E-state index contributed by atoms with van der Waals surface area (Å²) in [6.45, 7) is 4.52. The van der Waals surface area contributed by atoms with Gasteiger partial charge < -0.3 is 10.2 Å². The van der Waals surface area contributed by atoms with Crippen molar-refractivity contribution < 1.29 is 19.0 Å². The quantitative estimate of drug-likeness (QED) is 0.798. The first-order valence-electron chi connectivity index (χ1n) is 4.58. The van der Waals surface area contributed by atoms with Gasteiger partial charge in [0.2, 0.25) is 0 Å². The Labute approximate surface area is 87.2 Å². The predicted octanol–water partition coefficient (Wildman–Crippen LogP) is 2.87. The summed E-state index contributed by atoms with van der Waals surface area (Å²) in [6, 6.07) is 2.72. The maximum absolute atomic E-state index is 12.5. The molecule has 0 saturated carbocycles. The predicted molar refractivity (Wildman–Crippen MR) is 53.0 cm³/mol. The number of halogens is 2. The summed E-state index contributed by atoms with van der Waals surface area (Å²) in [5.74, 6) is -0.525.